The minimum absolute atomic E-state index is 0.0601. The van der Waals surface area contributed by atoms with E-state index in [0.29, 0.717) is 16.1 Å². The van der Waals surface area contributed by atoms with E-state index in [9.17, 15) is 4.79 Å². The highest BCUT2D eigenvalue weighted by molar-refractivity contribution is 7.99. The van der Waals surface area contributed by atoms with Gasteiger partial charge in [0.2, 0.25) is 5.89 Å². The van der Waals surface area contributed by atoms with Crippen LogP contribution < -0.4 is 0 Å². The van der Waals surface area contributed by atoms with Crippen LogP contribution in [0.25, 0.3) is 11.5 Å². The van der Waals surface area contributed by atoms with Crippen molar-refractivity contribution in [2.24, 2.45) is 0 Å². The molecule has 0 radical (unpaired) electrons. The predicted molar refractivity (Wildman–Crippen MR) is 105 cm³/mol. The monoisotopic (exact) mass is 386 g/mol. The average molecular weight is 387 g/mol. The molecule has 0 saturated carbocycles. The molecular weight excluding hydrogens is 368 g/mol. The zero-order valence-electron chi connectivity index (χ0n) is 15.1. The number of ketones is 1. The van der Waals surface area contributed by atoms with Crippen LogP contribution in [0.1, 0.15) is 32.6 Å². The smallest absolute Gasteiger partial charge is 0.277 e. The van der Waals surface area contributed by atoms with E-state index in [1.54, 1.807) is 12.1 Å². The van der Waals surface area contributed by atoms with E-state index in [4.69, 9.17) is 16.0 Å². The van der Waals surface area contributed by atoms with Gasteiger partial charge in [-0.05, 0) is 80.3 Å². The minimum atomic E-state index is 0.0601. The first-order valence-corrected chi connectivity index (χ1v) is 9.56. The number of Topliss-reactive ketones (excluding diaryl/α,β-unsaturated/α-hetero) is 1. The summed E-state index contributed by atoms with van der Waals surface area (Å²) in [5.41, 5.74) is 6.11. The zero-order valence-corrected chi connectivity index (χ0v) is 16.7. The van der Waals surface area contributed by atoms with Crippen LogP contribution in [0.3, 0.4) is 0 Å². The summed E-state index contributed by atoms with van der Waals surface area (Å²) in [7, 11) is 0. The van der Waals surface area contributed by atoms with Gasteiger partial charge in [-0.1, -0.05) is 23.4 Å². The number of hydrogen-bond donors (Lipinski definition) is 0. The number of rotatable bonds is 5. The number of benzene rings is 2. The van der Waals surface area contributed by atoms with Gasteiger partial charge in [0.1, 0.15) is 0 Å². The Labute approximate surface area is 162 Å². The molecule has 0 atom stereocenters. The maximum Gasteiger partial charge on any atom is 0.277 e. The lowest BCUT2D eigenvalue weighted by Gasteiger charge is -2.13. The molecule has 0 aliphatic carbocycles. The van der Waals surface area contributed by atoms with E-state index in [1.165, 1.54) is 22.9 Å². The van der Waals surface area contributed by atoms with Gasteiger partial charge in [-0.2, -0.15) is 0 Å². The van der Waals surface area contributed by atoms with Crippen LogP contribution in [0, 0.1) is 27.7 Å². The van der Waals surface area contributed by atoms with Crippen LogP contribution in [0.2, 0.25) is 5.02 Å². The second kappa shape index (κ2) is 7.64. The Morgan fingerprint density at radius 2 is 1.73 bits per heavy atom. The summed E-state index contributed by atoms with van der Waals surface area (Å²) >= 11 is 7.13. The van der Waals surface area contributed by atoms with Crippen LogP contribution in [0.15, 0.2) is 40.0 Å². The van der Waals surface area contributed by atoms with E-state index in [1.807, 2.05) is 32.0 Å². The molecule has 0 N–H and O–H groups in total. The van der Waals surface area contributed by atoms with Crippen LogP contribution in [-0.2, 0) is 0 Å². The number of aryl methyl sites for hydroxylation is 1. The summed E-state index contributed by atoms with van der Waals surface area (Å²) in [5.74, 6) is 0.727. The molecule has 1 aromatic heterocycles. The fourth-order valence-electron chi connectivity index (χ4n) is 2.68. The van der Waals surface area contributed by atoms with E-state index < -0.39 is 0 Å². The van der Waals surface area contributed by atoms with Crippen molar-refractivity contribution < 1.29 is 9.21 Å². The number of hydrogen-bond acceptors (Lipinski definition) is 5. The molecule has 0 bridgehead atoms. The second-order valence-electron chi connectivity index (χ2n) is 6.21. The van der Waals surface area contributed by atoms with Crippen LogP contribution in [0.5, 0.6) is 0 Å². The molecular formula is C20H19ClN2O2S. The molecule has 1 heterocycles. The molecule has 0 aliphatic rings. The van der Waals surface area contributed by atoms with Gasteiger partial charge in [0.05, 0.1) is 5.75 Å². The summed E-state index contributed by atoms with van der Waals surface area (Å²) in [5, 5.41) is 9.07. The molecule has 0 amide bonds. The molecule has 3 rings (SSSR count). The quantitative estimate of drug-likeness (QED) is 0.422. The van der Waals surface area contributed by atoms with Crippen molar-refractivity contribution >= 4 is 29.1 Å². The van der Waals surface area contributed by atoms with E-state index in [-0.39, 0.29) is 11.5 Å². The minimum Gasteiger partial charge on any atom is -0.411 e. The highest BCUT2D eigenvalue weighted by Crippen LogP contribution is 2.26. The Kier molecular flexibility index (Phi) is 5.49. The standard InChI is InChI=1S/C20H19ClN2O2S/c1-11-9-17(14(4)13(3)12(11)2)18(24)10-26-20-23-22-19(25-20)15-5-7-16(21)8-6-15/h5-9H,10H2,1-4H3. The zero-order chi connectivity index (χ0) is 18.8. The predicted octanol–water partition coefficient (Wildman–Crippen LogP) is 5.60. The first-order chi connectivity index (χ1) is 12.4. The van der Waals surface area contributed by atoms with Gasteiger partial charge < -0.3 is 4.42 Å². The summed E-state index contributed by atoms with van der Waals surface area (Å²) in [6.45, 7) is 8.16. The molecule has 26 heavy (non-hydrogen) atoms. The summed E-state index contributed by atoms with van der Waals surface area (Å²) < 4.78 is 5.64. The fourth-order valence-corrected chi connectivity index (χ4v) is 3.46. The van der Waals surface area contributed by atoms with Gasteiger partial charge in [0.25, 0.3) is 5.22 Å². The van der Waals surface area contributed by atoms with Crippen molar-refractivity contribution in [3.8, 4) is 11.5 Å². The SMILES string of the molecule is Cc1cc(C(=O)CSc2nnc(-c3ccc(Cl)cc3)o2)c(C)c(C)c1C. The summed E-state index contributed by atoms with van der Waals surface area (Å²) in [4.78, 5) is 12.6. The summed E-state index contributed by atoms with van der Waals surface area (Å²) in [6.07, 6.45) is 0. The fraction of sp³-hybridized carbons (Fsp3) is 0.250. The second-order valence-corrected chi connectivity index (χ2v) is 7.57. The maximum absolute atomic E-state index is 12.6. The number of aromatic nitrogens is 2. The molecule has 6 heteroatoms. The molecule has 134 valence electrons. The summed E-state index contributed by atoms with van der Waals surface area (Å²) in [6, 6.07) is 9.13. The lowest BCUT2D eigenvalue weighted by molar-refractivity contribution is 0.102. The van der Waals surface area contributed by atoms with Crippen molar-refractivity contribution in [1.82, 2.24) is 10.2 Å². The van der Waals surface area contributed by atoms with Crippen molar-refractivity contribution in [3.63, 3.8) is 0 Å². The Balaban J connectivity index is 1.72. The topological polar surface area (TPSA) is 56.0 Å². The number of carbonyl (C=O) groups excluding carboxylic acids is 1. The van der Waals surface area contributed by atoms with Gasteiger partial charge in [-0.25, -0.2) is 0 Å². The number of halogens is 1. The molecule has 0 saturated heterocycles. The third kappa shape index (κ3) is 3.84. The molecule has 0 unspecified atom stereocenters. The lowest BCUT2D eigenvalue weighted by atomic mass is 9.93. The van der Waals surface area contributed by atoms with Gasteiger partial charge in [-0.3, -0.25) is 4.79 Å². The number of carbonyl (C=O) groups is 1. The molecule has 0 fully saturated rings. The highest BCUT2D eigenvalue weighted by atomic mass is 35.5. The Hall–Kier alpha value is -2.11. The van der Waals surface area contributed by atoms with Gasteiger partial charge in [-0.15, -0.1) is 10.2 Å². The number of nitrogens with zero attached hydrogens (tertiary/aromatic N) is 2. The molecule has 0 spiro atoms. The third-order valence-electron chi connectivity index (χ3n) is 4.61. The van der Waals surface area contributed by atoms with Crippen molar-refractivity contribution in [2.45, 2.75) is 32.9 Å². The van der Waals surface area contributed by atoms with Crippen molar-refractivity contribution in [3.05, 3.63) is 63.2 Å². The van der Waals surface area contributed by atoms with Crippen LogP contribution in [-0.4, -0.2) is 21.7 Å². The Morgan fingerprint density at radius 3 is 2.42 bits per heavy atom. The average Bonchev–Trinajstić information content (AvgIpc) is 3.10. The van der Waals surface area contributed by atoms with Crippen molar-refractivity contribution in [1.29, 1.82) is 0 Å². The van der Waals surface area contributed by atoms with Crippen LogP contribution >= 0.6 is 23.4 Å². The first kappa shape index (κ1) is 18.7. The molecule has 3 aromatic rings. The van der Waals surface area contributed by atoms with E-state index in [2.05, 4.69) is 24.0 Å². The maximum atomic E-state index is 12.6. The molecule has 0 aliphatic heterocycles. The third-order valence-corrected chi connectivity index (χ3v) is 5.68. The molecule has 4 nitrogen and oxygen atoms in total. The Morgan fingerprint density at radius 1 is 1.04 bits per heavy atom. The first-order valence-electron chi connectivity index (χ1n) is 8.19. The highest BCUT2D eigenvalue weighted by Gasteiger charge is 2.16. The van der Waals surface area contributed by atoms with Crippen molar-refractivity contribution in [2.75, 3.05) is 5.75 Å². The molecule has 2 aromatic carbocycles. The van der Waals surface area contributed by atoms with Crippen LogP contribution in [0.4, 0.5) is 0 Å². The largest absolute Gasteiger partial charge is 0.411 e. The normalized spacial score (nSPS) is 11.0. The van der Waals surface area contributed by atoms with Gasteiger partial charge in [0, 0.05) is 16.1 Å². The Bertz CT molecular complexity index is 965. The lowest BCUT2D eigenvalue weighted by Crippen LogP contribution is -2.08. The van der Waals surface area contributed by atoms with E-state index >= 15 is 0 Å². The van der Waals surface area contributed by atoms with Gasteiger partial charge >= 0.3 is 0 Å². The van der Waals surface area contributed by atoms with Gasteiger partial charge in [0.15, 0.2) is 5.78 Å². The number of thioether (sulfide) groups is 1. The van der Waals surface area contributed by atoms with E-state index in [0.717, 1.165) is 22.3 Å².